The third-order valence-corrected chi connectivity index (χ3v) is 8.49. The zero-order valence-electron chi connectivity index (χ0n) is 23.7. The predicted molar refractivity (Wildman–Crippen MR) is 156 cm³/mol. The van der Waals surface area contributed by atoms with E-state index < -0.39 is 18.1 Å². The van der Waals surface area contributed by atoms with E-state index in [-0.39, 0.29) is 24.2 Å². The Hall–Kier alpha value is -3.73. The number of nitrogens with zero attached hydrogens (tertiary/aromatic N) is 6. The van der Waals surface area contributed by atoms with Gasteiger partial charge in [0.15, 0.2) is 11.3 Å². The lowest BCUT2D eigenvalue weighted by molar-refractivity contribution is -0.192. The van der Waals surface area contributed by atoms with Crippen LogP contribution in [0.15, 0.2) is 30.5 Å². The van der Waals surface area contributed by atoms with Gasteiger partial charge in [0, 0.05) is 22.1 Å². The molecule has 2 unspecified atom stereocenters. The van der Waals surface area contributed by atoms with E-state index >= 15 is 0 Å². The molecule has 2 N–H and O–H groups in total. The molecule has 0 amide bonds. The molecule has 1 aromatic carbocycles. The van der Waals surface area contributed by atoms with E-state index in [1.807, 2.05) is 13.0 Å². The number of fused-ring (bicyclic) bond motifs is 1. The fourth-order valence-electron chi connectivity index (χ4n) is 5.83. The average molecular weight is 653 g/mol. The second-order valence-corrected chi connectivity index (χ2v) is 11.7. The molecular formula is C29H29Cl2F3N6O4. The number of carboxylic acids is 2. The Morgan fingerprint density at radius 2 is 1.95 bits per heavy atom. The molecule has 1 aliphatic heterocycles. The van der Waals surface area contributed by atoms with Crippen molar-refractivity contribution in [2.45, 2.75) is 70.3 Å². The van der Waals surface area contributed by atoms with Crippen molar-refractivity contribution in [2.75, 3.05) is 6.54 Å². The number of allylic oxidation sites excluding steroid dienone is 1. The Labute approximate surface area is 260 Å². The number of likely N-dealkylation sites (tertiary alicyclic amines) is 1. The Balaban J connectivity index is 0.000000566. The van der Waals surface area contributed by atoms with Crippen molar-refractivity contribution in [1.29, 1.82) is 5.26 Å². The number of rotatable bonds is 6. The summed E-state index contributed by atoms with van der Waals surface area (Å²) in [5.74, 6) is -3.14. The number of aromatic nitrogens is 4. The first kappa shape index (κ1) is 33.2. The second kappa shape index (κ2) is 13.5. The van der Waals surface area contributed by atoms with Gasteiger partial charge in [0.1, 0.15) is 11.6 Å². The zero-order chi connectivity index (χ0) is 32.3. The normalized spacial score (nSPS) is 21.2. The second-order valence-electron chi connectivity index (χ2n) is 10.8. The van der Waals surface area contributed by atoms with Crippen LogP contribution in [0.3, 0.4) is 0 Å². The highest BCUT2D eigenvalue weighted by molar-refractivity contribution is 6.35. The molecule has 4 atom stereocenters. The maximum Gasteiger partial charge on any atom is 0.490 e. The molecule has 234 valence electrons. The van der Waals surface area contributed by atoms with Gasteiger partial charge < -0.3 is 10.2 Å². The summed E-state index contributed by atoms with van der Waals surface area (Å²) in [6.07, 6.45) is 2.68. The molecule has 1 saturated heterocycles. The van der Waals surface area contributed by atoms with Gasteiger partial charge in [0.25, 0.3) is 0 Å². The van der Waals surface area contributed by atoms with Gasteiger partial charge in [-0.3, -0.25) is 9.69 Å². The van der Waals surface area contributed by atoms with Gasteiger partial charge >= 0.3 is 18.1 Å². The number of alkyl halides is 3. The summed E-state index contributed by atoms with van der Waals surface area (Å²) < 4.78 is 33.4. The number of carbonyl (C=O) groups is 2. The van der Waals surface area contributed by atoms with Crippen molar-refractivity contribution >= 4 is 51.9 Å². The van der Waals surface area contributed by atoms with Crippen LogP contribution in [0, 0.1) is 17.2 Å². The van der Waals surface area contributed by atoms with Gasteiger partial charge in [0.05, 0.1) is 24.4 Å². The third kappa shape index (κ3) is 7.31. The van der Waals surface area contributed by atoms with E-state index in [0.717, 1.165) is 49.1 Å². The van der Waals surface area contributed by atoms with Crippen LogP contribution in [-0.4, -0.2) is 71.6 Å². The molecule has 0 saturated carbocycles. The van der Waals surface area contributed by atoms with Crippen LogP contribution in [0.25, 0.3) is 16.7 Å². The maximum absolute atomic E-state index is 11.3. The number of carboxylic acid groups (broad SMARTS) is 2. The summed E-state index contributed by atoms with van der Waals surface area (Å²) in [4.78, 5) is 32.1. The summed E-state index contributed by atoms with van der Waals surface area (Å²) >= 11 is 12.6. The third-order valence-electron chi connectivity index (χ3n) is 7.92. The van der Waals surface area contributed by atoms with Gasteiger partial charge in [-0.2, -0.15) is 23.5 Å². The van der Waals surface area contributed by atoms with E-state index in [0.29, 0.717) is 33.2 Å². The zero-order valence-corrected chi connectivity index (χ0v) is 25.2. The minimum atomic E-state index is -5.08. The molecule has 15 heteroatoms. The van der Waals surface area contributed by atoms with Crippen LogP contribution in [0.1, 0.15) is 68.9 Å². The van der Waals surface area contributed by atoms with E-state index in [1.165, 1.54) is 0 Å². The molecular weight excluding hydrogens is 624 g/mol. The summed E-state index contributed by atoms with van der Waals surface area (Å²) in [6, 6.07) is 7.59. The quantitative estimate of drug-likeness (QED) is 0.310. The Morgan fingerprint density at radius 1 is 1.25 bits per heavy atom. The minimum Gasteiger partial charge on any atom is -0.481 e. The molecule has 1 aliphatic carbocycles. The van der Waals surface area contributed by atoms with Crippen LogP contribution in [0.4, 0.5) is 13.2 Å². The monoisotopic (exact) mass is 652 g/mol. The van der Waals surface area contributed by atoms with E-state index in [2.05, 4.69) is 34.1 Å². The number of hydrogen-bond donors (Lipinski definition) is 2. The van der Waals surface area contributed by atoms with Crippen LogP contribution in [0.5, 0.6) is 0 Å². The molecule has 10 nitrogen and oxygen atoms in total. The Bertz CT molecular complexity index is 1640. The molecule has 44 heavy (non-hydrogen) atoms. The van der Waals surface area contributed by atoms with Crippen LogP contribution in [0.2, 0.25) is 10.0 Å². The fraction of sp³-hybridized carbons (Fsp3) is 0.448. The molecule has 3 heterocycles. The molecule has 2 aliphatic rings. The molecule has 1 fully saturated rings. The molecule has 5 rings (SSSR count). The van der Waals surface area contributed by atoms with Gasteiger partial charge in [-0.25, -0.2) is 19.4 Å². The first-order valence-electron chi connectivity index (χ1n) is 13.8. The van der Waals surface area contributed by atoms with Crippen LogP contribution >= 0.6 is 23.2 Å². The van der Waals surface area contributed by atoms with E-state index in [4.69, 9.17) is 38.1 Å². The number of aliphatic carboxylic acids is 2. The first-order valence-corrected chi connectivity index (χ1v) is 14.5. The lowest BCUT2D eigenvalue weighted by Gasteiger charge is -2.38. The fourth-order valence-corrected chi connectivity index (χ4v) is 6.40. The Kier molecular flexibility index (Phi) is 10.2. The largest absolute Gasteiger partial charge is 0.490 e. The maximum atomic E-state index is 11.3. The van der Waals surface area contributed by atoms with Crippen molar-refractivity contribution in [1.82, 2.24) is 24.6 Å². The van der Waals surface area contributed by atoms with Crippen LogP contribution < -0.4 is 0 Å². The summed E-state index contributed by atoms with van der Waals surface area (Å²) in [5, 5.41) is 31.7. The molecule has 3 aromatic rings. The molecule has 0 radical (unpaired) electrons. The summed E-state index contributed by atoms with van der Waals surface area (Å²) in [7, 11) is 0. The molecule has 0 bridgehead atoms. The van der Waals surface area contributed by atoms with Crippen molar-refractivity contribution in [3.05, 3.63) is 57.5 Å². The van der Waals surface area contributed by atoms with Gasteiger partial charge in [-0.15, -0.1) is 0 Å². The van der Waals surface area contributed by atoms with Crippen molar-refractivity contribution in [3.63, 3.8) is 0 Å². The SMILES string of the molecule is CC1CC(c2cnc3c(C#N)nn([C@H](C)c4ccc(Cl)cc4Cl)c3n2)=CCC1N1CCC[C@H]1CC(=O)O.O=C(O)C(F)(F)F. The van der Waals surface area contributed by atoms with Crippen molar-refractivity contribution < 1.29 is 33.0 Å². The lowest BCUT2D eigenvalue weighted by atomic mass is 9.83. The number of nitriles is 1. The van der Waals surface area contributed by atoms with E-state index in [9.17, 15) is 28.3 Å². The number of halogens is 5. The topological polar surface area (TPSA) is 145 Å². The lowest BCUT2D eigenvalue weighted by Crippen LogP contribution is -2.44. The smallest absolute Gasteiger partial charge is 0.481 e. The molecule has 2 aromatic heterocycles. The van der Waals surface area contributed by atoms with Gasteiger partial charge in [0.2, 0.25) is 0 Å². The minimum absolute atomic E-state index is 0.107. The molecule has 0 spiro atoms. The summed E-state index contributed by atoms with van der Waals surface area (Å²) in [5.41, 5.74) is 3.90. The van der Waals surface area contributed by atoms with Gasteiger partial charge in [-0.05, 0) is 68.3 Å². The number of benzene rings is 1. The standard InChI is InChI=1S/C27H28Cl2N6O2.C2HF3O2/c1-15-10-17(5-8-24(15)34-9-3-4-19(34)12-25(36)37)23-14-31-26-22(13-30)33-35(27(26)32-23)16(2)20-7-6-18(28)11-21(20)29;3-2(4,5)1(6)7/h5-7,11,14-16,19,24H,3-4,8-10,12H2,1-2H3,(H,36,37);(H,6,7)/t15?,16-,19+,24?;/m1./s1. The van der Waals surface area contributed by atoms with Crippen molar-refractivity contribution in [3.8, 4) is 6.07 Å². The predicted octanol–water partition coefficient (Wildman–Crippen LogP) is 6.37. The number of hydrogen-bond acceptors (Lipinski definition) is 7. The van der Waals surface area contributed by atoms with Crippen LogP contribution in [-0.2, 0) is 9.59 Å². The first-order chi connectivity index (χ1) is 20.7. The van der Waals surface area contributed by atoms with E-state index in [1.54, 1.807) is 23.0 Å². The average Bonchev–Trinajstić information content (AvgIpc) is 3.56. The van der Waals surface area contributed by atoms with Gasteiger partial charge in [-0.1, -0.05) is 42.3 Å². The summed E-state index contributed by atoms with van der Waals surface area (Å²) in [6.45, 7) is 5.12. The Morgan fingerprint density at radius 3 is 2.55 bits per heavy atom. The highest BCUT2D eigenvalue weighted by Gasteiger charge is 2.38. The highest BCUT2D eigenvalue weighted by atomic mass is 35.5. The highest BCUT2D eigenvalue weighted by Crippen LogP contribution is 2.37. The van der Waals surface area contributed by atoms with Crippen molar-refractivity contribution in [2.24, 2.45) is 5.92 Å².